The molecule has 110 valence electrons. The Labute approximate surface area is 130 Å². The highest BCUT2D eigenvalue weighted by molar-refractivity contribution is 9.10. The molecule has 2 fully saturated rings. The minimum Gasteiger partial charge on any atom is -0.368 e. The molecule has 0 bridgehead atoms. The highest BCUT2D eigenvalue weighted by Gasteiger charge is 2.33. The van der Waals surface area contributed by atoms with Gasteiger partial charge in [0.15, 0.2) is 0 Å². The molecule has 1 aromatic carbocycles. The number of benzene rings is 1. The molecule has 0 aromatic heterocycles. The molecule has 3 rings (SSSR count). The van der Waals surface area contributed by atoms with Crippen LogP contribution in [0.5, 0.6) is 0 Å². The lowest BCUT2D eigenvalue weighted by atomic mass is 9.95. The summed E-state index contributed by atoms with van der Waals surface area (Å²) in [5.74, 6) is 0.921. The van der Waals surface area contributed by atoms with Gasteiger partial charge in [0.2, 0.25) is 0 Å². The highest BCUT2D eigenvalue weighted by atomic mass is 79.9. The minimum atomic E-state index is 0.0858. The molecule has 1 heterocycles. The van der Waals surface area contributed by atoms with Crippen LogP contribution in [0.3, 0.4) is 0 Å². The topological polar surface area (TPSA) is 29.3 Å². The van der Waals surface area contributed by atoms with Gasteiger partial charge in [-0.05, 0) is 56.2 Å². The summed E-state index contributed by atoms with van der Waals surface area (Å²) in [6, 6.07) is 7.57. The first-order valence-corrected chi connectivity index (χ1v) is 8.78. The molecule has 1 saturated carbocycles. The maximum absolute atomic E-state index is 6.00. The molecule has 2 N–H and O–H groups in total. The van der Waals surface area contributed by atoms with E-state index >= 15 is 0 Å². The predicted molar refractivity (Wildman–Crippen MR) is 89.1 cm³/mol. The predicted octanol–water partition coefficient (Wildman–Crippen LogP) is 4.63. The number of hydrogen-bond acceptors (Lipinski definition) is 2. The Kier molecular flexibility index (Phi) is 4.37. The third-order valence-corrected chi connectivity index (χ3v) is 5.74. The summed E-state index contributed by atoms with van der Waals surface area (Å²) in [6.45, 7) is 3.25. The Morgan fingerprint density at radius 2 is 1.95 bits per heavy atom. The summed E-state index contributed by atoms with van der Waals surface area (Å²) in [4.78, 5) is 2.64. The average molecular weight is 337 g/mol. The van der Waals surface area contributed by atoms with Crippen molar-refractivity contribution in [2.75, 3.05) is 11.4 Å². The first kappa shape index (κ1) is 14.4. The van der Waals surface area contributed by atoms with Crippen LogP contribution in [-0.2, 0) is 0 Å². The number of hydrogen-bond donors (Lipinski definition) is 1. The van der Waals surface area contributed by atoms with Gasteiger partial charge < -0.3 is 10.6 Å². The Morgan fingerprint density at radius 3 is 2.60 bits per heavy atom. The van der Waals surface area contributed by atoms with Gasteiger partial charge in [0.25, 0.3) is 0 Å². The normalized spacial score (nSPS) is 25.4. The average Bonchev–Trinajstić information content (AvgIpc) is 3.09. The van der Waals surface area contributed by atoms with E-state index in [0.717, 1.165) is 16.4 Å². The Morgan fingerprint density at radius 1 is 1.20 bits per heavy atom. The van der Waals surface area contributed by atoms with E-state index in [9.17, 15) is 0 Å². The molecule has 2 aliphatic rings. The van der Waals surface area contributed by atoms with E-state index in [4.69, 9.17) is 5.73 Å². The summed E-state index contributed by atoms with van der Waals surface area (Å²) in [5, 5.41) is 0. The fourth-order valence-electron chi connectivity index (χ4n) is 4.01. The maximum atomic E-state index is 6.00. The zero-order chi connectivity index (χ0) is 14.1. The quantitative estimate of drug-likeness (QED) is 0.871. The molecule has 0 spiro atoms. The standard InChI is InChI=1S/C17H25BrN2/c1-12(19)15-9-8-14(11-16(15)18)20-10-4-7-17(20)13-5-2-3-6-13/h8-9,11-13,17H,2-7,10,19H2,1H3/t12-,17?/m0/s1. The molecule has 3 heteroatoms. The maximum Gasteiger partial charge on any atom is 0.0380 e. The van der Waals surface area contributed by atoms with Crippen LogP contribution in [-0.4, -0.2) is 12.6 Å². The van der Waals surface area contributed by atoms with Crippen LogP contribution >= 0.6 is 15.9 Å². The van der Waals surface area contributed by atoms with E-state index in [1.165, 1.54) is 56.3 Å². The Bertz CT molecular complexity index is 466. The van der Waals surface area contributed by atoms with Crippen molar-refractivity contribution < 1.29 is 0 Å². The van der Waals surface area contributed by atoms with E-state index in [1.807, 2.05) is 6.92 Å². The van der Waals surface area contributed by atoms with E-state index in [1.54, 1.807) is 0 Å². The first-order chi connectivity index (χ1) is 9.66. The third kappa shape index (κ3) is 2.75. The SMILES string of the molecule is C[C@H](N)c1ccc(N2CCCC2C2CCCC2)cc1Br. The van der Waals surface area contributed by atoms with E-state index in [2.05, 4.69) is 39.0 Å². The van der Waals surface area contributed by atoms with E-state index in [0.29, 0.717) is 0 Å². The molecule has 0 amide bonds. The molecule has 2 atom stereocenters. The van der Waals surface area contributed by atoms with Gasteiger partial charge in [-0.15, -0.1) is 0 Å². The van der Waals surface area contributed by atoms with Crippen LogP contribution in [0.15, 0.2) is 22.7 Å². The molecule has 1 aliphatic heterocycles. The largest absolute Gasteiger partial charge is 0.368 e. The van der Waals surface area contributed by atoms with Crippen LogP contribution in [0.25, 0.3) is 0 Å². The van der Waals surface area contributed by atoms with E-state index < -0.39 is 0 Å². The smallest absolute Gasteiger partial charge is 0.0380 e. The lowest BCUT2D eigenvalue weighted by molar-refractivity contribution is 0.431. The van der Waals surface area contributed by atoms with Crippen molar-refractivity contribution in [1.82, 2.24) is 0 Å². The number of nitrogens with two attached hydrogens (primary N) is 1. The van der Waals surface area contributed by atoms with Crippen molar-refractivity contribution in [3.05, 3.63) is 28.2 Å². The zero-order valence-corrected chi connectivity index (χ0v) is 13.9. The molecular formula is C17H25BrN2. The number of rotatable bonds is 3. The lowest BCUT2D eigenvalue weighted by Crippen LogP contribution is -2.34. The van der Waals surface area contributed by atoms with Gasteiger partial charge in [0, 0.05) is 28.8 Å². The van der Waals surface area contributed by atoms with Crippen LogP contribution in [0.2, 0.25) is 0 Å². The molecule has 1 aromatic rings. The summed E-state index contributed by atoms with van der Waals surface area (Å²) in [5.41, 5.74) is 8.57. The van der Waals surface area contributed by atoms with Gasteiger partial charge in [0.1, 0.15) is 0 Å². The number of nitrogens with zero attached hydrogens (tertiary/aromatic N) is 1. The minimum absolute atomic E-state index is 0.0858. The fourth-order valence-corrected chi connectivity index (χ4v) is 4.74. The van der Waals surface area contributed by atoms with Gasteiger partial charge in [-0.2, -0.15) is 0 Å². The van der Waals surface area contributed by atoms with E-state index in [-0.39, 0.29) is 6.04 Å². The van der Waals surface area contributed by atoms with Crippen molar-refractivity contribution in [3.63, 3.8) is 0 Å². The monoisotopic (exact) mass is 336 g/mol. The van der Waals surface area contributed by atoms with Crippen LogP contribution in [0.1, 0.15) is 57.1 Å². The summed E-state index contributed by atoms with van der Waals surface area (Å²) >= 11 is 3.69. The lowest BCUT2D eigenvalue weighted by Gasteiger charge is -2.31. The van der Waals surface area contributed by atoms with Crippen molar-refractivity contribution in [2.24, 2.45) is 11.7 Å². The van der Waals surface area contributed by atoms with Crippen molar-refractivity contribution >= 4 is 21.6 Å². The van der Waals surface area contributed by atoms with Gasteiger partial charge in [-0.3, -0.25) is 0 Å². The summed E-state index contributed by atoms with van der Waals surface area (Å²) < 4.78 is 1.15. The van der Waals surface area contributed by atoms with Gasteiger partial charge >= 0.3 is 0 Å². The molecule has 1 unspecified atom stereocenters. The molecule has 20 heavy (non-hydrogen) atoms. The van der Waals surface area contributed by atoms with Crippen LogP contribution < -0.4 is 10.6 Å². The first-order valence-electron chi connectivity index (χ1n) is 7.98. The molecule has 2 nitrogen and oxygen atoms in total. The molecule has 0 radical (unpaired) electrons. The summed E-state index contributed by atoms with van der Waals surface area (Å²) in [7, 11) is 0. The van der Waals surface area contributed by atoms with Gasteiger partial charge in [0.05, 0.1) is 0 Å². The van der Waals surface area contributed by atoms with Crippen LogP contribution in [0.4, 0.5) is 5.69 Å². The second kappa shape index (κ2) is 6.07. The van der Waals surface area contributed by atoms with Crippen molar-refractivity contribution in [1.29, 1.82) is 0 Å². The van der Waals surface area contributed by atoms with Gasteiger partial charge in [-0.25, -0.2) is 0 Å². The molecule has 1 aliphatic carbocycles. The number of anilines is 1. The summed E-state index contributed by atoms with van der Waals surface area (Å²) in [6.07, 6.45) is 8.44. The van der Waals surface area contributed by atoms with Gasteiger partial charge in [-0.1, -0.05) is 34.8 Å². The fraction of sp³-hybridized carbons (Fsp3) is 0.647. The third-order valence-electron chi connectivity index (χ3n) is 5.05. The Hall–Kier alpha value is -0.540. The van der Waals surface area contributed by atoms with Crippen molar-refractivity contribution in [2.45, 2.75) is 57.5 Å². The number of halogens is 1. The van der Waals surface area contributed by atoms with Crippen molar-refractivity contribution in [3.8, 4) is 0 Å². The second-order valence-electron chi connectivity index (χ2n) is 6.44. The molecule has 1 saturated heterocycles. The van der Waals surface area contributed by atoms with Crippen LogP contribution in [0, 0.1) is 5.92 Å². The highest BCUT2D eigenvalue weighted by Crippen LogP contribution is 2.39. The Balaban J connectivity index is 1.82. The second-order valence-corrected chi connectivity index (χ2v) is 7.30. The molecular weight excluding hydrogens is 312 g/mol. The zero-order valence-electron chi connectivity index (χ0n) is 12.3.